The van der Waals surface area contributed by atoms with Crippen LogP contribution in [0.2, 0.25) is 0 Å². The van der Waals surface area contributed by atoms with E-state index in [0.717, 1.165) is 0 Å². The molecular formula is C18H21NO3. The monoisotopic (exact) mass is 299 g/mol. The average molecular weight is 299 g/mol. The van der Waals surface area contributed by atoms with Gasteiger partial charge in [-0.05, 0) is 18.1 Å². The van der Waals surface area contributed by atoms with Gasteiger partial charge in [-0.3, -0.25) is 4.79 Å². The van der Waals surface area contributed by atoms with E-state index in [9.17, 15) is 9.90 Å². The van der Waals surface area contributed by atoms with Gasteiger partial charge in [0, 0.05) is 13.2 Å². The van der Waals surface area contributed by atoms with E-state index in [0.29, 0.717) is 17.7 Å². The highest BCUT2D eigenvalue weighted by atomic mass is 16.5. The molecule has 2 aromatic carbocycles. The molecule has 2 rings (SSSR count). The molecule has 0 saturated heterocycles. The van der Waals surface area contributed by atoms with Gasteiger partial charge in [-0.25, -0.2) is 0 Å². The van der Waals surface area contributed by atoms with Gasteiger partial charge >= 0.3 is 0 Å². The molecule has 0 aliphatic carbocycles. The summed E-state index contributed by atoms with van der Waals surface area (Å²) in [4.78, 5) is 12.7. The first-order valence-electron chi connectivity index (χ1n) is 7.22. The molecule has 4 nitrogen and oxygen atoms in total. The minimum atomic E-state index is -1.73. The highest BCUT2D eigenvalue weighted by molar-refractivity contribution is 5.90. The van der Waals surface area contributed by atoms with Crippen LogP contribution in [0.1, 0.15) is 18.1 Å². The Bertz CT molecular complexity index is 559. The van der Waals surface area contributed by atoms with E-state index in [2.05, 4.69) is 5.32 Å². The maximum atomic E-state index is 12.7. The summed E-state index contributed by atoms with van der Waals surface area (Å²) in [5.74, 6) is -0.463. The predicted octanol–water partition coefficient (Wildman–Crippen LogP) is 2.07. The number of rotatable bonds is 6. The van der Waals surface area contributed by atoms with Gasteiger partial charge in [-0.2, -0.15) is 0 Å². The number of carbonyl (C=O) groups excluding carboxylic acids is 1. The average Bonchev–Trinajstić information content (AvgIpc) is 2.55. The van der Waals surface area contributed by atoms with Gasteiger partial charge < -0.3 is 15.2 Å². The normalized spacial score (nSPS) is 12.7. The van der Waals surface area contributed by atoms with Crippen LogP contribution in [0, 0.1) is 0 Å². The van der Waals surface area contributed by atoms with Crippen molar-refractivity contribution in [2.75, 3.05) is 13.7 Å². The van der Waals surface area contributed by atoms with Crippen molar-refractivity contribution >= 4 is 5.91 Å². The van der Waals surface area contributed by atoms with Gasteiger partial charge in [0.15, 0.2) is 5.60 Å². The second-order valence-corrected chi connectivity index (χ2v) is 5.27. The van der Waals surface area contributed by atoms with Crippen LogP contribution >= 0.6 is 0 Å². The van der Waals surface area contributed by atoms with Crippen molar-refractivity contribution in [2.45, 2.75) is 18.6 Å². The summed E-state index contributed by atoms with van der Waals surface area (Å²) in [6, 6.07) is 17.7. The standard InChI is InChI=1S/C18H21NO3/c1-14(13-22-2)19-17(20)18(21,15-9-5-3-6-10-15)16-11-7-4-8-12-16/h3-12,14,21H,13H2,1-2H3,(H,19,20). The minimum Gasteiger partial charge on any atom is -0.383 e. The van der Waals surface area contributed by atoms with E-state index in [-0.39, 0.29) is 6.04 Å². The zero-order chi connectivity index (χ0) is 16.0. The minimum absolute atomic E-state index is 0.198. The predicted molar refractivity (Wildman–Crippen MR) is 85.4 cm³/mol. The number of nitrogens with one attached hydrogen (secondary N) is 1. The summed E-state index contributed by atoms with van der Waals surface area (Å²) < 4.78 is 5.03. The van der Waals surface area contributed by atoms with E-state index in [1.54, 1.807) is 55.6 Å². The number of aliphatic hydroxyl groups is 1. The van der Waals surface area contributed by atoms with Crippen LogP contribution in [0.5, 0.6) is 0 Å². The number of hydrogen-bond donors (Lipinski definition) is 2. The van der Waals surface area contributed by atoms with Crippen LogP contribution in [-0.2, 0) is 15.1 Å². The van der Waals surface area contributed by atoms with Crippen molar-refractivity contribution in [3.05, 3.63) is 71.8 Å². The van der Waals surface area contributed by atoms with Crippen LogP contribution in [0.4, 0.5) is 0 Å². The second-order valence-electron chi connectivity index (χ2n) is 5.27. The van der Waals surface area contributed by atoms with Gasteiger partial charge in [0.25, 0.3) is 5.91 Å². The molecule has 0 saturated carbocycles. The fourth-order valence-electron chi connectivity index (χ4n) is 2.41. The lowest BCUT2D eigenvalue weighted by Crippen LogP contribution is -2.49. The molecule has 0 aliphatic heterocycles. The summed E-state index contributed by atoms with van der Waals surface area (Å²) in [5, 5.41) is 14.0. The van der Waals surface area contributed by atoms with Crippen LogP contribution in [0.15, 0.2) is 60.7 Å². The Balaban J connectivity index is 2.41. The van der Waals surface area contributed by atoms with Crippen LogP contribution in [-0.4, -0.2) is 30.8 Å². The Morgan fingerprint density at radius 1 is 1.09 bits per heavy atom. The Labute approximate surface area is 130 Å². The summed E-state index contributed by atoms with van der Waals surface area (Å²) in [6.45, 7) is 2.21. The Hall–Kier alpha value is -2.17. The molecule has 0 aromatic heterocycles. The molecular weight excluding hydrogens is 278 g/mol. The fraction of sp³-hybridized carbons (Fsp3) is 0.278. The molecule has 0 radical (unpaired) electrons. The molecule has 1 atom stereocenters. The zero-order valence-electron chi connectivity index (χ0n) is 12.8. The fourth-order valence-corrected chi connectivity index (χ4v) is 2.41. The van der Waals surface area contributed by atoms with E-state index in [1.807, 2.05) is 19.1 Å². The molecule has 22 heavy (non-hydrogen) atoms. The van der Waals surface area contributed by atoms with Crippen LogP contribution in [0.25, 0.3) is 0 Å². The van der Waals surface area contributed by atoms with Crippen molar-refractivity contribution in [3.63, 3.8) is 0 Å². The number of carbonyl (C=O) groups is 1. The first kappa shape index (κ1) is 16.2. The van der Waals surface area contributed by atoms with Gasteiger partial charge in [0.2, 0.25) is 0 Å². The molecule has 1 unspecified atom stereocenters. The smallest absolute Gasteiger partial charge is 0.261 e. The molecule has 2 N–H and O–H groups in total. The Morgan fingerprint density at radius 3 is 1.95 bits per heavy atom. The maximum Gasteiger partial charge on any atom is 0.261 e. The Morgan fingerprint density at radius 2 is 1.55 bits per heavy atom. The van der Waals surface area contributed by atoms with Gasteiger partial charge in [-0.15, -0.1) is 0 Å². The van der Waals surface area contributed by atoms with E-state index in [1.165, 1.54) is 0 Å². The largest absolute Gasteiger partial charge is 0.383 e. The summed E-state index contributed by atoms with van der Waals surface area (Å²) in [7, 11) is 1.57. The lowest BCUT2D eigenvalue weighted by molar-refractivity contribution is -0.137. The molecule has 0 spiro atoms. The van der Waals surface area contributed by atoms with Gasteiger partial charge in [-0.1, -0.05) is 60.7 Å². The van der Waals surface area contributed by atoms with E-state index < -0.39 is 11.5 Å². The van der Waals surface area contributed by atoms with Crippen molar-refractivity contribution in [1.29, 1.82) is 0 Å². The SMILES string of the molecule is COCC(C)NC(=O)C(O)(c1ccccc1)c1ccccc1. The lowest BCUT2D eigenvalue weighted by atomic mass is 9.85. The first-order chi connectivity index (χ1) is 10.6. The molecule has 0 aliphatic rings. The summed E-state index contributed by atoms with van der Waals surface area (Å²) >= 11 is 0. The third-order valence-electron chi connectivity index (χ3n) is 3.51. The molecule has 4 heteroatoms. The number of hydrogen-bond acceptors (Lipinski definition) is 3. The molecule has 116 valence electrons. The highest BCUT2D eigenvalue weighted by Gasteiger charge is 2.40. The van der Waals surface area contributed by atoms with Crippen molar-refractivity contribution in [1.82, 2.24) is 5.32 Å². The third kappa shape index (κ3) is 3.35. The van der Waals surface area contributed by atoms with Crippen LogP contribution < -0.4 is 5.32 Å². The number of methoxy groups -OCH3 is 1. The number of ether oxygens (including phenoxy) is 1. The Kier molecular flexibility index (Phi) is 5.31. The molecule has 0 fully saturated rings. The van der Waals surface area contributed by atoms with Gasteiger partial charge in [0.05, 0.1) is 6.61 Å². The topological polar surface area (TPSA) is 58.6 Å². The quantitative estimate of drug-likeness (QED) is 0.858. The highest BCUT2D eigenvalue weighted by Crippen LogP contribution is 2.29. The van der Waals surface area contributed by atoms with E-state index in [4.69, 9.17) is 4.74 Å². The molecule has 0 heterocycles. The molecule has 0 bridgehead atoms. The maximum absolute atomic E-state index is 12.7. The molecule has 2 aromatic rings. The first-order valence-corrected chi connectivity index (χ1v) is 7.22. The molecule has 1 amide bonds. The third-order valence-corrected chi connectivity index (χ3v) is 3.51. The van der Waals surface area contributed by atoms with Crippen molar-refractivity contribution in [2.24, 2.45) is 0 Å². The van der Waals surface area contributed by atoms with E-state index >= 15 is 0 Å². The summed E-state index contributed by atoms with van der Waals surface area (Å²) in [6.07, 6.45) is 0. The number of amides is 1. The lowest BCUT2D eigenvalue weighted by Gasteiger charge is -2.29. The number of benzene rings is 2. The van der Waals surface area contributed by atoms with Gasteiger partial charge in [0.1, 0.15) is 0 Å². The van der Waals surface area contributed by atoms with Crippen molar-refractivity contribution in [3.8, 4) is 0 Å². The summed E-state index contributed by atoms with van der Waals surface area (Å²) in [5.41, 5.74) is -0.670. The van der Waals surface area contributed by atoms with Crippen LogP contribution in [0.3, 0.4) is 0 Å². The second kappa shape index (κ2) is 7.20. The zero-order valence-corrected chi connectivity index (χ0v) is 12.8. The van der Waals surface area contributed by atoms with Crippen molar-refractivity contribution < 1.29 is 14.6 Å².